The number of carbonyl (C=O) groups excluding carboxylic acids is 1. The van der Waals surface area contributed by atoms with Crippen molar-refractivity contribution < 1.29 is 9.53 Å². The standard InChI is InChI=1S/C18H19BrN4O2/c1-11-6-5-7-16(21-11)23-15-9-12(19)8-14(13(15)10-20-23)22-17(24)25-18(2,3)4/h5-10H,1-4H3,(H,22,24). The predicted molar refractivity (Wildman–Crippen MR) is 101 cm³/mol. The molecule has 2 aromatic heterocycles. The number of pyridine rings is 1. The maximum absolute atomic E-state index is 12.1. The fourth-order valence-electron chi connectivity index (χ4n) is 2.44. The van der Waals surface area contributed by atoms with E-state index in [0.29, 0.717) is 5.69 Å². The second-order valence-electron chi connectivity index (χ2n) is 6.71. The third-order valence-corrected chi connectivity index (χ3v) is 3.84. The SMILES string of the molecule is Cc1cccc(-n2ncc3c(NC(=O)OC(C)(C)C)cc(Br)cc32)n1. The number of amides is 1. The van der Waals surface area contributed by atoms with E-state index >= 15 is 0 Å². The van der Waals surface area contributed by atoms with Crippen molar-refractivity contribution in [1.29, 1.82) is 0 Å². The van der Waals surface area contributed by atoms with Gasteiger partial charge in [0.2, 0.25) is 0 Å². The van der Waals surface area contributed by atoms with E-state index in [1.165, 1.54) is 0 Å². The highest BCUT2D eigenvalue weighted by Crippen LogP contribution is 2.30. The van der Waals surface area contributed by atoms with Crippen LogP contribution in [0.15, 0.2) is 41.0 Å². The van der Waals surface area contributed by atoms with E-state index in [-0.39, 0.29) is 0 Å². The minimum Gasteiger partial charge on any atom is -0.444 e. The van der Waals surface area contributed by atoms with Gasteiger partial charge in [-0.2, -0.15) is 5.10 Å². The van der Waals surface area contributed by atoms with E-state index in [1.54, 1.807) is 10.9 Å². The third-order valence-electron chi connectivity index (χ3n) is 3.38. The lowest BCUT2D eigenvalue weighted by atomic mass is 10.2. The number of hydrogen-bond acceptors (Lipinski definition) is 4. The van der Waals surface area contributed by atoms with E-state index in [2.05, 4.69) is 31.3 Å². The minimum absolute atomic E-state index is 0.506. The van der Waals surface area contributed by atoms with Gasteiger partial charge in [0, 0.05) is 15.6 Å². The van der Waals surface area contributed by atoms with E-state index in [0.717, 1.165) is 26.9 Å². The Morgan fingerprint density at radius 1 is 1.28 bits per heavy atom. The first-order valence-corrected chi connectivity index (χ1v) is 8.63. The second kappa shape index (κ2) is 6.48. The summed E-state index contributed by atoms with van der Waals surface area (Å²) in [5.74, 6) is 0.719. The Labute approximate surface area is 154 Å². The van der Waals surface area contributed by atoms with E-state index in [4.69, 9.17) is 4.74 Å². The summed E-state index contributed by atoms with van der Waals surface area (Å²) in [4.78, 5) is 16.6. The van der Waals surface area contributed by atoms with Gasteiger partial charge in [0.1, 0.15) is 5.60 Å². The number of nitrogens with one attached hydrogen (secondary N) is 1. The van der Waals surface area contributed by atoms with Crippen LogP contribution in [0.25, 0.3) is 16.7 Å². The predicted octanol–water partition coefficient (Wildman–Crippen LogP) is 4.84. The summed E-state index contributed by atoms with van der Waals surface area (Å²) >= 11 is 3.49. The number of aromatic nitrogens is 3. The normalized spacial score (nSPS) is 11.6. The molecule has 3 aromatic rings. The summed E-state index contributed by atoms with van der Waals surface area (Å²) in [6.45, 7) is 7.40. The number of rotatable bonds is 2. The van der Waals surface area contributed by atoms with Crippen molar-refractivity contribution in [2.24, 2.45) is 0 Å². The number of carbonyl (C=O) groups is 1. The summed E-state index contributed by atoms with van der Waals surface area (Å²) in [5.41, 5.74) is 1.80. The van der Waals surface area contributed by atoms with Gasteiger partial charge in [-0.1, -0.05) is 22.0 Å². The lowest BCUT2D eigenvalue weighted by molar-refractivity contribution is 0.0636. The third kappa shape index (κ3) is 3.99. The molecule has 1 N–H and O–H groups in total. The van der Waals surface area contributed by atoms with Crippen LogP contribution in [0.1, 0.15) is 26.5 Å². The van der Waals surface area contributed by atoms with Gasteiger partial charge in [0.05, 0.1) is 17.4 Å². The molecular formula is C18H19BrN4O2. The minimum atomic E-state index is -0.565. The Hall–Kier alpha value is -2.41. The number of fused-ring (bicyclic) bond motifs is 1. The largest absolute Gasteiger partial charge is 0.444 e. The van der Waals surface area contributed by atoms with Crippen molar-refractivity contribution in [3.63, 3.8) is 0 Å². The monoisotopic (exact) mass is 402 g/mol. The van der Waals surface area contributed by atoms with Crippen LogP contribution in [0.3, 0.4) is 0 Å². The molecule has 6 nitrogen and oxygen atoms in total. The summed E-state index contributed by atoms with van der Waals surface area (Å²) < 4.78 is 7.90. The maximum atomic E-state index is 12.1. The molecule has 0 aliphatic rings. The molecule has 25 heavy (non-hydrogen) atoms. The summed E-state index contributed by atoms with van der Waals surface area (Å²) in [6, 6.07) is 9.51. The van der Waals surface area contributed by atoms with Gasteiger partial charge in [-0.25, -0.2) is 14.5 Å². The molecule has 0 fully saturated rings. The Kier molecular flexibility index (Phi) is 4.51. The summed E-state index contributed by atoms with van der Waals surface area (Å²) in [7, 11) is 0. The fourth-order valence-corrected chi connectivity index (χ4v) is 2.88. The van der Waals surface area contributed by atoms with Gasteiger partial charge in [-0.05, 0) is 52.0 Å². The van der Waals surface area contributed by atoms with Crippen LogP contribution in [-0.4, -0.2) is 26.5 Å². The first-order valence-electron chi connectivity index (χ1n) is 7.84. The van der Waals surface area contributed by atoms with Crippen LogP contribution in [0.5, 0.6) is 0 Å². The van der Waals surface area contributed by atoms with Gasteiger partial charge in [0.15, 0.2) is 5.82 Å². The van der Waals surface area contributed by atoms with Crippen LogP contribution in [-0.2, 0) is 4.74 Å². The number of halogens is 1. The van der Waals surface area contributed by atoms with Crippen molar-refractivity contribution >= 4 is 38.6 Å². The lowest BCUT2D eigenvalue weighted by Gasteiger charge is -2.20. The molecular weight excluding hydrogens is 384 g/mol. The molecule has 0 bridgehead atoms. The van der Waals surface area contributed by atoms with Crippen LogP contribution < -0.4 is 5.32 Å². The van der Waals surface area contributed by atoms with Crippen LogP contribution in [0.2, 0.25) is 0 Å². The quantitative estimate of drug-likeness (QED) is 0.665. The topological polar surface area (TPSA) is 69.0 Å². The first kappa shape index (κ1) is 17.4. The average molecular weight is 403 g/mol. The van der Waals surface area contributed by atoms with Crippen molar-refractivity contribution in [1.82, 2.24) is 14.8 Å². The van der Waals surface area contributed by atoms with Gasteiger partial charge < -0.3 is 4.74 Å². The smallest absolute Gasteiger partial charge is 0.412 e. The molecule has 0 radical (unpaired) electrons. The van der Waals surface area contributed by atoms with E-state index in [9.17, 15) is 4.79 Å². The molecule has 0 spiro atoms. The highest BCUT2D eigenvalue weighted by Gasteiger charge is 2.18. The lowest BCUT2D eigenvalue weighted by Crippen LogP contribution is -2.27. The number of nitrogens with zero attached hydrogens (tertiary/aromatic N) is 3. The molecule has 0 saturated carbocycles. The molecule has 0 atom stereocenters. The zero-order valence-electron chi connectivity index (χ0n) is 14.5. The number of ether oxygens (including phenoxy) is 1. The molecule has 0 saturated heterocycles. The Bertz CT molecular complexity index is 944. The van der Waals surface area contributed by atoms with Crippen molar-refractivity contribution in [3.8, 4) is 5.82 Å². The molecule has 2 heterocycles. The Morgan fingerprint density at radius 3 is 2.72 bits per heavy atom. The molecule has 0 aliphatic carbocycles. The number of aryl methyl sites for hydroxylation is 1. The van der Waals surface area contributed by atoms with Gasteiger partial charge in [0.25, 0.3) is 0 Å². The Balaban J connectivity index is 2.03. The van der Waals surface area contributed by atoms with Crippen LogP contribution in [0.4, 0.5) is 10.5 Å². The molecule has 3 rings (SSSR count). The van der Waals surface area contributed by atoms with Crippen LogP contribution in [0, 0.1) is 6.92 Å². The zero-order valence-corrected chi connectivity index (χ0v) is 16.1. The van der Waals surface area contributed by atoms with E-state index < -0.39 is 11.7 Å². The maximum Gasteiger partial charge on any atom is 0.412 e. The highest BCUT2D eigenvalue weighted by atomic mass is 79.9. The number of benzene rings is 1. The molecule has 7 heteroatoms. The molecule has 0 unspecified atom stereocenters. The fraction of sp³-hybridized carbons (Fsp3) is 0.278. The molecule has 1 amide bonds. The summed E-state index contributed by atoms with van der Waals surface area (Å²) in [6.07, 6.45) is 1.20. The first-order chi connectivity index (χ1) is 11.7. The van der Waals surface area contributed by atoms with Crippen LogP contribution >= 0.6 is 15.9 Å². The average Bonchev–Trinajstić information content (AvgIpc) is 2.88. The molecule has 0 aliphatic heterocycles. The highest BCUT2D eigenvalue weighted by molar-refractivity contribution is 9.10. The van der Waals surface area contributed by atoms with Gasteiger partial charge in [-0.3, -0.25) is 5.32 Å². The van der Waals surface area contributed by atoms with Gasteiger partial charge in [-0.15, -0.1) is 0 Å². The van der Waals surface area contributed by atoms with E-state index in [1.807, 2.05) is 58.0 Å². The molecule has 1 aromatic carbocycles. The number of hydrogen-bond donors (Lipinski definition) is 1. The zero-order chi connectivity index (χ0) is 18.2. The van der Waals surface area contributed by atoms with Gasteiger partial charge >= 0.3 is 6.09 Å². The second-order valence-corrected chi connectivity index (χ2v) is 7.62. The number of anilines is 1. The Morgan fingerprint density at radius 2 is 2.04 bits per heavy atom. The van der Waals surface area contributed by atoms with Crippen molar-refractivity contribution in [2.45, 2.75) is 33.3 Å². The van der Waals surface area contributed by atoms with Crippen molar-refractivity contribution in [3.05, 3.63) is 46.7 Å². The van der Waals surface area contributed by atoms with Crippen molar-refractivity contribution in [2.75, 3.05) is 5.32 Å². The summed E-state index contributed by atoms with van der Waals surface area (Å²) in [5, 5.41) is 8.03. The molecule has 130 valence electrons.